The van der Waals surface area contributed by atoms with Gasteiger partial charge >= 0.3 is 0 Å². The SMILES string of the molecule is CNC(=O)[C@H](C)N(Cc1cccc(OC)c1)C(=O)CN(c1cc(Cl)ccc1Cl)S(C)(=O)=O. The molecule has 1 atom stereocenters. The third kappa shape index (κ3) is 6.51. The highest BCUT2D eigenvalue weighted by Crippen LogP contribution is 2.31. The van der Waals surface area contributed by atoms with Crippen LogP contribution in [0.25, 0.3) is 0 Å². The second-order valence-corrected chi connectivity index (χ2v) is 9.78. The number of anilines is 1. The van der Waals surface area contributed by atoms with Gasteiger partial charge in [-0.2, -0.15) is 0 Å². The molecule has 2 aromatic rings. The molecule has 2 aromatic carbocycles. The minimum atomic E-state index is -3.90. The Balaban J connectivity index is 2.43. The number of carbonyl (C=O) groups is 2. The molecule has 32 heavy (non-hydrogen) atoms. The van der Waals surface area contributed by atoms with Crippen LogP contribution in [0.5, 0.6) is 5.75 Å². The van der Waals surface area contributed by atoms with Crippen molar-refractivity contribution in [3.8, 4) is 5.75 Å². The monoisotopic (exact) mass is 501 g/mol. The maximum absolute atomic E-state index is 13.3. The van der Waals surface area contributed by atoms with Gasteiger partial charge in [0.1, 0.15) is 18.3 Å². The van der Waals surface area contributed by atoms with Crippen molar-refractivity contribution >= 4 is 50.7 Å². The summed E-state index contributed by atoms with van der Waals surface area (Å²) in [6.45, 7) is 1.06. The van der Waals surface area contributed by atoms with Crippen LogP contribution in [0.15, 0.2) is 42.5 Å². The van der Waals surface area contributed by atoms with E-state index in [0.717, 1.165) is 10.6 Å². The Bertz CT molecular complexity index is 1090. The van der Waals surface area contributed by atoms with Gasteiger partial charge in [0.05, 0.1) is 24.1 Å². The topological polar surface area (TPSA) is 96.0 Å². The summed E-state index contributed by atoms with van der Waals surface area (Å²) in [6, 6.07) is 10.5. The number of sulfonamides is 1. The summed E-state index contributed by atoms with van der Waals surface area (Å²) in [4.78, 5) is 26.9. The number of amides is 2. The smallest absolute Gasteiger partial charge is 0.244 e. The number of nitrogens with one attached hydrogen (secondary N) is 1. The van der Waals surface area contributed by atoms with Gasteiger partial charge in [0, 0.05) is 18.6 Å². The maximum atomic E-state index is 13.3. The van der Waals surface area contributed by atoms with Crippen LogP contribution in [-0.4, -0.2) is 58.1 Å². The van der Waals surface area contributed by atoms with E-state index in [4.69, 9.17) is 27.9 Å². The van der Waals surface area contributed by atoms with E-state index < -0.39 is 34.4 Å². The van der Waals surface area contributed by atoms with Crippen molar-refractivity contribution in [2.75, 3.05) is 31.3 Å². The van der Waals surface area contributed by atoms with Crippen molar-refractivity contribution in [3.63, 3.8) is 0 Å². The van der Waals surface area contributed by atoms with E-state index in [1.807, 2.05) is 0 Å². The van der Waals surface area contributed by atoms with E-state index in [1.165, 1.54) is 37.3 Å². The molecule has 0 saturated heterocycles. The van der Waals surface area contributed by atoms with E-state index >= 15 is 0 Å². The van der Waals surface area contributed by atoms with Crippen LogP contribution in [0.3, 0.4) is 0 Å². The second-order valence-electron chi connectivity index (χ2n) is 7.03. The first-order valence-electron chi connectivity index (χ1n) is 9.54. The summed E-state index contributed by atoms with van der Waals surface area (Å²) in [6.07, 6.45) is 0.964. The van der Waals surface area contributed by atoms with Gasteiger partial charge in [-0.25, -0.2) is 8.42 Å². The van der Waals surface area contributed by atoms with Crippen molar-refractivity contribution < 1.29 is 22.7 Å². The molecule has 8 nitrogen and oxygen atoms in total. The van der Waals surface area contributed by atoms with Crippen molar-refractivity contribution in [2.45, 2.75) is 19.5 Å². The van der Waals surface area contributed by atoms with Crippen LogP contribution in [0.2, 0.25) is 10.0 Å². The van der Waals surface area contributed by atoms with E-state index in [9.17, 15) is 18.0 Å². The number of likely N-dealkylation sites (N-methyl/N-ethyl adjacent to an activating group) is 1. The molecular formula is C21H25Cl2N3O5S. The van der Waals surface area contributed by atoms with Gasteiger partial charge < -0.3 is 15.0 Å². The fraction of sp³-hybridized carbons (Fsp3) is 0.333. The normalized spacial score (nSPS) is 12.1. The Hall–Kier alpha value is -2.49. The van der Waals surface area contributed by atoms with Gasteiger partial charge in [0.25, 0.3) is 0 Å². The number of benzene rings is 2. The largest absolute Gasteiger partial charge is 0.497 e. The summed E-state index contributed by atoms with van der Waals surface area (Å²) < 4.78 is 31.1. The van der Waals surface area contributed by atoms with Crippen LogP contribution >= 0.6 is 23.2 Å². The van der Waals surface area contributed by atoms with Gasteiger partial charge in [-0.15, -0.1) is 0 Å². The Morgan fingerprint density at radius 2 is 1.84 bits per heavy atom. The molecule has 0 unspecified atom stereocenters. The molecular weight excluding hydrogens is 477 g/mol. The molecule has 1 N–H and O–H groups in total. The standard InChI is InChI=1S/C21H25Cl2N3O5S/c1-14(21(28)24-2)25(12-15-6-5-7-17(10-15)31-3)20(27)13-26(32(4,29)30)19-11-16(22)8-9-18(19)23/h5-11,14H,12-13H2,1-4H3,(H,24,28)/t14-/m0/s1. The first kappa shape index (κ1) is 25.8. The van der Waals surface area contributed by atoms with Gasteiger partial charge in [-0.05, 0) is 42.8 Å². The summed E-state index contributed by atoms with van der Waals surface area (Å²) in [5.41, 5.74) is 0.782. The molecule has 0 fully saturated rings. The highest BCUT2D eigenvalue weighted by atomic mass is 35.5. The fourth-order valence-corrected chi connectivity index (χ4v) is 4.32. The quantitative estimate of drug-likeness (QED) is 0.569. The molecule has 0 aliphatic heterocycles. The molecule has 2 rings (SSSR count). The summed E-state index contributed by atoms with van der Waals surface area (Å²) in [5, 5.41) is 2.89. The number of hydrogen-bond donors (Lipinski definition) is 1. The fourth-order valence-electron chi connectivity index (χ4n) is 3.03. The summed E-state index contributed by atoms with van der Waals surface area (Å²) in [5.74, 6) is -0.399. The van der Waals surface area contributed by atoms with Crippen LogP contribution < -0.4 is 14.4 Å². The van der Waals surface area contributed by atoms with Gasteiger partial charge in [0.15, 0.2) is 0 Å². The lowest BCUT2D eigenvalue weighted by Crippen LogP contribution is -2.50. The predicted octanol–water partition coefficient (Wildman–Crippen LogP) is 2.93. The Morgan fingerprint density at radius 3 is 2.44 bits per heavy atom. The predicted molar refractivity (Wildman–Crippen MR) is 126 cm³/mol. The lowest BCUT2D eigenvalue weighted by atomic mass is 10.1. The molecule has 11 heteroatoms. The number of methoxy groups -OCH3 is 1. The van der Waals surface area contributed by atoms with Crippen LogP contribution in [-0.2, 0) is 26.2 Å². The molecule has 0 aliphatic carbocycles. The molecule has 0 spiro atoms. The number of ether oxygens (including phenoxy) is 1. The van der Waals surface area contributed by atoms with E-state index in [1.54, 1.807) is 31.2 Å². The van der Waals surface area contributed by atoms with Crippen LogP contribution in [0, 0.1) is 0 Å². The first-order chi connectivity index (χ1) is 15.0. The number of carbonyl (C=O) groups excluding carboxylic acids is 2. The van der Waals surface area contributed by atoms with Crippen LogP contribution in [0.1, 0.15) is 12.5 Å². The zero-order chi connectivity index (χ0) is 24.1. The number of rotatable bonds is 9. The Labute approximate surface area is 198 Å². The Morgan fingerprint density at radius 1 is 1.16 bits per heavy atom. The van der Waals surface area contributed by atoms with Gasteiger partial charge in [-0.1, -0.05) is 35.3 Å². The summed E-state index contributed by atoms with van der Waals surface area (Å²) in [7, 11) is -0.917. The van der Waals surface area contributed by atoms with Crippen molar-refractivity contribution in [2.24, 2.45) is 0 Å². The van der Waals surface area contributed by atoms with E-state index in [-0.39, 0.29) is 22.3 Å². The molecule has 0 radical (unpaired) electrons. The zero-order valence-electron chi connectivity index (χ0n) is 18.1. The maximum Gasteiger partial charge on any atom is 0.244 e. The highest BCUT2D eigenvalue weighted by Gasteiger charge is 2.30. The lowest BCUT2D eigenvalue weighted by molar-refractivity contribution is -0.139. The number of hydrogen-bond acceptors (Lipinski definition) is 5. The molecule has 2 amide bonds. The van der Waals surface area contributed by atoms with Crippen molar-refractivity contribution in [3.05, 3.63) is 58.1 Å². The first-order valence-corrected chi connectivity index (χ1v) is 12.1. The van der Waals surface area contributed by atoms with Crippen molar-refractivity contribution in [1.29, 1.82) is 0 Å². The Kier molecular flexibility index (Phi) is 8.77. The van der Waals surface area contributed by atoms with Crippen molar-refractivity contribution in [1.82, 2.24) is 10.2 Å². The molecule has 0 saturated carbocycles. The average Bonchev–Trinajstić information content (AvgIpc) is 2.75. The zero-order valence-corrected chi connectivity index (χ0v) is 20.5. The molecule has 174 valence electrons. The molecule has 0 heterocycles. The van der Waals surface area contributed by atoms with Gasteiger partial charge in [0.2, 0.25) is 21.8 Å². The molecule has 0 aliphatic rings. The molecule has 0 bridgehead atoms. The second kappa shape index (κ2) is 10.9. The minimum absolute atomic E-state index is 0.0610. The number of halogens is 2. The molecule has 0 aromatic heterocycles. The average molecular weight is 502 g/mol. The minimum Gasteiger partial charge on any atom is -0.497 e. The van der Waals surface area contributed by atoms with E-state index in [0.29, 0.717) is 11.3 Å². The third-order valence-corrected chi connectivity index (χ3v) is 6.44. The van der Waals surface area contributed by atoms with Gasteiger partial charge in [-0.3, -0.25) is 13.9 Å². The number of nitrogens with zero attached hydrogens (tertiary/aromatic N) is 2. The van der Waals surface area contributed by atoms with E-state index in [2.05, 4.69) is 5.32 Å². The summed E-state index contributed by atoms with van der Waals surface area (Å²) >= 11 is 12.2. The van der Waals surface area contributed by atoms with Crippen LogP contribution in [0.4, 0.5) is 5.69 Å². The lowest BCUT2D eigenvalue weighted by Gasteiger charge is -2.31. The highest BCUT2D eigenvalue weighted by molar-refractivity contribution is 7.92. The third-order valence-electron chi connectivity index (χ3n) is 4.76.